The number of benzene rings is 2. The molecule has 25 heavy (non-hydrogen) atoms. The second kappa shape index (κ2) is 8.10. The van der Waals surface area contributed by atoms with Crippen LogP contribution in [0.4, 0.5) is 16.2 Å². The molecule has 0 atom stereocenters. The van der Waals surface area contributed by atoms with Crippen LogP contribution in [-0.2, 0) is 4.74 Å². The summed E-state index contributed by atoms with van der Waals surface area (Å²) in [5, 5.41) is 5.33. The Bertz CT molecular complexity index is 765. The molecule has 6 nitrogen and oxygen atoms in total. The Morgan fingerprint density at radius 1 is 0.800 bits per heavy atom. The standard InChI is InChI=1S/C19H20N2O4/c1-12(2)25-18(23)15-6-10-17(11-7-15)21-19(24)20-16-8-4-14(5-9-16)13(3)22/h4-12H,1-3H3,(H2,20,21,24). The number of rotatable bonds is 5. The molecule has 2 aromatic rings. The molecule has 0 heterocycles. The lowest BCUT2D eigenvalue weighted by Crippen LogP contribution is -2.19. The van der Waals surface area contributed by atoms with Crippen LogP contribution < -0.4 is 10.6 Å². The van der Waals surface area contributed by atoms with Gasteiger partial charge in [-0.15, -0.1) is 0 Å². The first-order chi connectivity index (χ1) is 11.8. The molecule has 0 aromatic heterocycles. The monoisotopic (exact) mass is 340 g/mol. The zero-order chi connectivity index (χ0) is 18.4. The highest BCUT2D eigenvalue weighted by Crippen LogP contribution is 2.13. The normalized spacial score (nSPS) is 10.2. The smallest absolute Gasteiger partial charge is 0.338 e. The Morgan fingerprint density at radius 2 is 1.24 bits per heavy atom. The predicted octanol–water partition coefficient (Wildman–Crippen LogP) is 4.10. The Balaban J connectivity index is 1.94. The molecule has 2 aromatic carbocycles. The minimum atomic E-state index is -0.423. The van der Waals surface area contributed by atoms with Crippen molar-refractivity contribution in [1.82, 2.24) is 0 Å². The van der Waals surface area contributed by atoms with Crippen LogP contribution in [0.3, 0.4) is 0 Å². The fourth-order valence-electron chi connectivity index (χ4n) is 2.05. The SMILES string of the molecule is CC(=O)c1ccc(NC(=O)Nc2ccc(C(=O)OC(C)C)cc2)cc1. The van der Waals surface area contributed by atoms with Crippen LogP contribution in [0.2, 0.25) is 0 Å². The number of carbonyl (C=O) groups excluding carboxylic acids is 3. The molecule has 0 saturated heterocycles. The zero-order valence-electron chi connectivity index (χ0n) is 14.3. The zero-order valence-corrected chi connectivity index (χ0v) is 14.3. The number of Topliss-reactive ketones (excluding diaryl/α,β-unsaturated/α-hetero) is 1. The molecule has 0 aliphatic rings. The van der Waals surface area contributed by atoms with Gasteiger partial charge in [-0.3, -0.25) is 4.79 Å². The summed E-state index contributed by atoms with van der Waals surface area (Å²) < 4.78 is 5.10. The Morgan fingerprint density at radius 3 is 1.64 bits per heavy atom. The summed E-state index contributed by atoms with van der Waals surface area (Å²) in [5.41, 5.74) is 2.10. The van der Waals surface area contributed by atoms with E-state index >= 15 is 0 Å². The Labute approximate surface area is 146 Å². The molecule has 0 fully saturated rings. The number of esters is 1. The van der Waals surface area contributed by atoms with E-state index in [2.05, 4.69) is 10.6 Å². The van der Waals surface area contributed by atoms with Crippen LogP contribution in [0.1, 0.15) is 41.5 Å². The number of amides is 2. The van der Waals surface area contributed by atoms with Gasteiger partial charge in [0, 0.05) is 16.9 Å². The molecule has 6 heteroatoms. The fourth-order valence-corrected chi connectivity index (χ4v) is 2.05. The number of carbonyl (C=O) groups is 3. The van der Waals surface area contributed by atoms with Crippen LogP contribution in [0.25, 0.3) is 0 Å². The third-order valence-corrected chi connectivity index (χ3v) is 3.27. The minimum Gasteiger partial charge on any atom is -0.459 e. The second-order valence-corrected chi connectivity index (χ2v) is 5.74. The average molecular weight is 340 g/mol. The van der Waals surface area contributed by atoms with Gasteiger partial charge in [0.25, 0.3) is 0 Å². The third-order valence-electron chi connectivity index (χ3n) is 3.27. The molecule has 0 bridgehead atoms. The highest BCUT2D eigenvalue weighted by Gasteiger charge is 2.09. The predicted molar refractivity (Wildman–Crippen MR) is 96.1 cm³/mol. The largest absolute Gasteiger partial charge is 0.459 e. The van der Waals surface area contributed by atoms with Gasteiger partial charge in [-0.05, 0) is 69.3 Å². The summed E-state index contributed by atoms with van der Waals surface area (Å²) in [5.74, 6) is -0.441. The van der Waals surface area contributed by atoms with Crippen LogP contribution in [-0.4, -0.2) is 23.9 Å². The number of hydrogen-bond acceptors (Lipinski definition) is 4. The molecule has 2 N–H and O–H groups in total. The van der Waals surface area contributed by atoms with Gasteiger partial charge in [0.2, 0.25) is 0 Å². The molecule has 2 amide bonds. The van der Waals surface area contributed by atoms with Gasteiger partial charge in [0.15, 0.2) is 5.78 Å². The maximum Gasteiger partial charge on any atom is 0.338 e. The van der Waals surface area contributed by atoms with Gasteiger partial charge >= 0.3 is 12.0 Å². The second-order valence-electron chi connectivity index (χ2n) is 5.74. The summed E-state index contributed by atoms with van der Waals surface area (Å²) in [6.07, 6.45) is -0.189. The maximum absolute atomic E-state index is 12.0. The third kappa shape index (κ3) is 5.46. The van der Waals surface area contributed by atoms with Gasteiger partial charge in [-0.25, -0.2) is 9.59 Å². The van der Waals surface area contributed by atoms with E-state index in [1.54, 1.807) is 62.4 Å². The van der Waals surface area contributed by atoms with Crippen molar-refractivity contribution < 1.29 is 19.1 Å². The first-order valence-corrected chi connectivity index (χ1v) is 7.85. The number of ketones is 1. The maximum atomic E-state index is 12.0. The van der Waals surface area contributed by atoms with E-state index < -0.39 is 12.0 Å². The number of hydrogen-bond donors (Lipinski definition) is 2. The highest BCUT2D eigenvalue weighted by molar-refractivity contribution is 6.00. The van der Waals surface area contributed by atoms with E-state index in [-0.39, 0.29) is 11.9 Å². The van der Waals surface area contributed by atoms with Crippen molar-refractivity contribution in [2.75, 3.05) is 10.6 Å². The minimum absolute atomic E-state index is 0.0351. The summed E-state index contributed by atoms with van der Waals surface area (Å²) in [6.45, 7) is 5.04. The summed E-state index contributed by atoms with van der Waals surface area (Å²) in [7, 11) is 0. The topological polar surface area (TPSA) is 84.5 Å². The molecular weight excluding hydrogens is 320 g/mol. The van der Waals surface area contributed by atoms with E-state index in [1.165, 1.54) is 6.92 Å². The van der Waals surface area contributed by atoms with Gasteiger partial charge in [-0.2, -0.15) is 0 Å². The lowest BCUT2D eigenvalue weighted by molar-refractivity contribution is 0.0378. The van der Waals surface area contributed by atoms with Crippen molar-refractivity contribution >= 4 is 29.2 Å². The number of ether oxygens (including phenoxy) is 1. The van der Waals surface area contributed by atoms with Gasteiger partial charge in [0.05, 0.1) is 11.7 Å². The quantitative estimate of drug-likeness (QED) is 0.634. The highest BCUT2D eigenvalue weighted by atomic mass is 16.5. The molecule has 0 aliphatic carbocycles. The van der Waals surface area contributed by atoms with Crippen LogP contribution in [0, 0.1) is 0 Å². The molecule has 0 unspecified atom stereocenters. The van der Waals surface area contributed by atoms with Crippen LogP contribution in [0.15, 0.2) is 48.5 Å². The van der Waals surface area contributed by atoms with E-state index in [0.29, 0.717) is 22.5 Å². The lowest BCUT2D eigenvalue weighted by atomic mass is 10.1. The molecule has 0 saturated carbocycles. The average Bonchev–Trinajstić information content (AvgIpc) is 2.55. The number of nitrogens with one attached hydrogen (secondary N) is 2. The first kappa shape index (κ1) is 18.2. The molecule has 2 rings (SSSR count). The summed E-state index contributed by atoms with van der Waals surface area (Å²) in [6, 6.07) is 12.6. The number of anilines is 2. The van der Waals surface area contributed by atoms with Crippen molar-refractivity contribution in [3.8, 4) is 0 Å². The first-order valence-electron chi connectivity index (χ1n) is 7.85. The molecule has 0 aliphatic heterocycles. The van der Waals surface area contributed by atoms with Crippen LogP contribution in [0.5, 0.6) is 0 Å². The number of urea groups is 1. The molecule has 130 valence electrons. The van der Waals surface area contributed by atoms with Gasteiger partial charge < -0.3 is 15.4 Å². The Kier molecular flexibility index (Phi) is 5.89. The van der Waals surface area contributed by atoms with Gasteiger partial charge in [0.1, 0.15) is 0 Å². The van der Waals surface area contributed by atoms with E-state index in [0.717, 1.165) is 0 Å². The van der Waals surface area contributed by atoms with Crippen molar-refractivity contribution in [2.24, 2.45) is 0 Å². The van der Waals surface area contributed by atoms with Crippen molar-refractivity contribution in [1.29, 1.82) is 0 Å². The van der Waals surface area contributed by atoms with Crippen molar-refractivity contribution in [3.05, 3.63) is 59.7 Å². The van der Waals surface area contributed by atoms with Crippen molar-refractivity contribution in [3.63, 3.8) is 0 Å². The molecule has 0 radical (unpaired) electrons. The van der Waals surface area contributed by atoms with E-state index in [9.17, 15) is 14.4 Å². The van der Waals surface area contributed by atoms with Crippen LogP contribution >= 0.6 is 0 Å². The Hall–Kier alpha value is -3.15. The van der Waals surface area contributed by atoms with E-state index in [1.807, 2.05) is 0 Å². The fraction of sp³-hybridized carbons (Fsp3) is 0.211. The lowest BCUT2D eigenvalue weighted by Gasteiger charge is -2.10. The van der Waals surface area contributed by atoms with Gasteiger partial charge in [-0.1, -0.05) is 0 Å². The molecular formula is C19H20N2O4. The molecule has 0 spiro atoms. The van der Waals surface area contributed by atoms with E-state index in [4.69, 9.17) is 4.74 Å². The summed E-state index contributed by atoms with van der Waals surface area (Å²) in [4.78, 5) is 35.0. The van der Waals surface area contributed by atoms with Crippen molar-refractivity contribution in [2.45, 2.75) is 26.9 Å². The summed E-state index contributed by atoms with van der Waals surface area (Å²) >= 11 is 0.